The van der Waals surface area contributed by atoms with E-state index in [1.165, 1.54) is 6.07 Å². The highest BCUT2D eigenvalue weighted by Gasteiger charge is 2.49. The van der Waals surface area contributed by atoms with Crippen molar-refractivity contribution in [3.05, 3.63) is 65.5 Å². The SMILES string of the molecule is O=C(c1ccccn1)N1CC[C@@]2(CCCN(Cc3ccc(F)c(F)c3)C2=O)C1. The third-order valence-electron chi connectivity index (χ3n) is 5.71. The second kappa shape index (κ2) is 7.30. The Bertz CT molecular complexity index is 906. The summed E-state index contributed by atoms with van der Waals surface area (Å²) in [5, 5.41) is 0. The van der Waals surface area contributed by atoms with Gasteiger partial charge < -0.3 is 9.80 Å². The lowest BCUT2D eigenvalue weighted by molar-refractivity contribution is -0.146. The number of hydrogen-bond donors (Lipinski definition) is 0. The number of pyridine rings is 1. The third-order valence-corrected chi connectivity index (χ3v) is 5.71. The van der Waals surface area contributed by atoms with E-state index in [0.717, 1.165) is 25.0 Å². The summed E-state index contributed by atoms with van der Waals surface area (Å²) in [7, 11) is 0. The van der Waals surface area contributed by atoms with Crippen LogP contribution >= 0.6 is 0 Å². The van der Waals surface area contributed by atoms with Gasteiger partial charge >= 0.3 is 0 Å². The zero-order chi connectivity index (χ0) is 19.7. The lowest BCUT2D eigenvalue weighted by Gasteiger charge is -2.39. The van der Waals surface area contributed by atoms with Gasteiger partial charge in [-0.15, -0.1) is 0 Å². The molecule has 0 unspecified atom stereocenters. The molecule has 2 saturated heterocycles. The molecule has 5 nitrogen and oxygen atoms in total. The van der Waals surface area contributed by atoms with Crippen LogP contribution in [0.4, 0.5) is 8.78 Å². The molecule has 1 aromatic carbocycles. The van der Waals surface area contributed by atoms with Gasteiger partial charge in [-0.2, -0.15) is 0 Å². The summed E-state index contributed by atoms with van der Waals surface area (Å²) in [6.45, 7) is 1.70. The van der Waals surface area contributed by atoms with Crippen LogP contribution in [0.1, 0.15) is 35.3 Å². The zero-order valence-corrected chi connectivity index (χ0v) is 15.4. The number of amides is 2. The molecular weight excluding hydrogens is 364 g/mol. The summed E-state index contributed by atoms with van der Waals surface area (Å²) < 4.78 is 26.7. The van der Waals surface area contributed by atoms with Crippen LogP contribution in [0.25, 0.3) is 0 Å². The van der Waals surface area contributed by atoms with Crippen molar-refractivity contribution in [3.8, 4) is 0 Å². The molecule has 28 heavy (non-hydrogen) atoms. The average molecular weight is 385 g/mol. The number of piperidine rings is 1. The van der Waals surface area contributed by atoms with Gasteiger partial charge in [0.2, 0.25) is 5.91 Å². The van der Waals surface area contributed by atoms with Crippen LogP contribution in [-0.2, 0) is 11.3 Å². The number of aromatic nitrogens is 1. The molecule has 2 fully saturated rings. The Morgan fingerprint density at radius 2 is 1.96 bits per heavy atom. The lowest BCUT2D eigenvalue weighted by Crippen LogP contribution is -2.50. The van der Waals surface area contributed by atoms with Gasteiger partial charge in [0.1, 0.15) is 5.69 Å². The summed E-state index contributed by atoms with van der Waals surface area (Å²) >= 11 is 0. The van der Waals surface area contributed by atoms with Crippen LogP contribution in [-0.4, -0.2) is 46.2 Å². The summed E-state index contributed by atoms with van der Waals surface area (Å²) in [4.78, 5) is 33.4. The highest BCUT2D eigenvalue weighted by molar-refractivity contribution is 5.93. The van der Waals surface area contributed by atoms with E-state index in [9.17, 15) is 18.4 Å². The van der Waals surface area contributed by atoms with E-state index in [1.54, 1.807) is 34.2 Å². The molecule has 2 amide bonds. The monoisotopic (exact) mass is 385 g/mol. The third kappa shape index (κ3) is 3.37. The van der Waals surface area contributed by atoms with E-state index in [2.05, 4.69) is 4.98 Å². The van der Waals surface area contributed by atoms with Gasteiger partial charge in [0.15, 0.2) is 11.6 Å². The van der Waals surface area contributed by atoms with Gasteiger partial charge in [-0.1, -0.05) is 12.1 Å². The number of halogens is 2. The number of benzene rings is 1. The quantitative estimate of drug-likeness (QED) is 0.816. The van der Waals surface area contributed by atoms with Crippen LogP contribution in [0.3, 0.4) is 0 Å². The predicted molar refractivity (Wildman–Crippen MR) is 98.2 cm³/mol. The second-order valence-electron chi connectivity index (χ2n) is 7.55. The molecule has 0 N–H and O–H groups in total. The van der Waals surface area contributed by atoms with Crippen molar-refractivity contribution >= 4 is 11.8 Å². The van der Waals surface area contributed by atoms with Crippen LogP contribution in [0, 0.1) is 17.0 Å². The smallest absolute Gasteiger partial charge is 0.272 e. The molecule has 0 saturated carbocycles. The van der Waals surface area contributed by atoms with Crippen molar-refractivity contribution < 1.29 is 18.4 Å². The molecule has 2 aliphatic heterocycles. The normalized spacial score (nSPS) is 22.1. The minimum absolute atomic E-state index is 0.0141. The highest BCUT2D eigenvalue weighted by atomic mass is 19.2. The Hall–Kier alpha value is -2.83. The van der Waals surface area contributed by atoms with Crippen molar-refractivity contribution in [2.24, 2.45) is 5.41 Å². The Labute approximate surface area is 162 Å². The number of hydrogen-bond acceptors (Lipinski definition) is 3. The van der Waals surface area contributed by atoms with E-state index in [0.29, 0.717) is 37.3 Å². The molecule has 2 aromatic rings. The Balaban J connectivity index is 1.48. The van der Waals surface area contributed by atoms with Crippen LogP contribution < -0.4 is 0 Å². The summed E-state index contributed by atoms with van der Waals surface area (Å²) in [6.07, 6.45) is 3.74. The first-order valence-electron chi connectivity index (χ1n) is 9.42. The van der Waals surface area contributed by atoms with Crippen molar-refractivity contribution in [1.29, 1.82) is 0 Å². The predicted octanol–water partition coefficient (Wildman–Crippen LogP) is 3.01. The molecule has 3 heterocycles. The van der Waals surface area contributed by atoms with Gasteiger partial charge in [0.25, 0.3) is 5.91 Å². The maximum absolute atomic E-state index is 13.5. The largest absolute Gasteiger partial charge is 0.338 e. The molecular formula is C21H21F2N3O2. The average Bonchev–Trinajstić information content (AvgIpc) is 3.13. The van der Waals surface area contributed by atoms with Gasteiger partial charge in [-0.25, -0.2) is 8.78 Å². The van der Waals surface area contributed by atoms with E-state index in [4.69, 9.17) is 0 Å². The number of nitrogens with zero attached hydrogens (tertiary/aromatic N) is 3. The highest BCUT2D eigenvalue weighted by Crippen LogP contribution is 2.40. The van der Waals surface area contributed by atoms with Gasteiger partial charge in [0.05, 0.1) is 5.41 Å². The summed E-state index contributed by atoms with van der Waals surface area (Å²) in [6, 6.07) is 8.90. The van der Waals surface area contributed by atoms with Crippen LogP contribution in [0.5, 0.6) is 0 Å². The maximum Gasteiger partial charge on any atom is 0.272 e. The summed E-state index contributed by atoms with van der Waals surface area (Å²) in [5.41, 5.74) is 0.339. The first kappa shape index (κ1) is 18.5. The molecule has 2 aliphatic rings. The zero-order valence-electron chi connectivity index (χ0n) is 15.4. The maximum atomic E-state index is 13.5. The van der Waals surface area contributed by atoms with Crippen LogP contribution in [0.2, 0.25) is 0 Å². The lowest BCUT2D eigenvalue weighted by atomic mass is 9.78. The molecule has 0 bridgehead atoms. The molecule has 1 spiro atoms. The van der Waals surface area contributed by atoms with E-state index < -0.39 is 17.0 Å². The molecule has 0 aliphatic carbocycles. The van der Waals surface area contributed by atoms with Gasteiger partial charge in [0, 0.05) is 32.4 Å². The molecule has 4 rings (SSSR count). The minimum atomic E-state index is -0.912. The van der Waals surface area contributed by atoms with Crippen molar-refractivity contribution in [2.75, 3.05) is 19.6 Å². The van der Waals surface area contributed by atoms with Crippen LogP contribution in [0.15, 0.2) is 42.6 Å². The molecule has 1 atom stereocenters. The second-order valence-corrected chi connectivity index (χ2v) is 7.55. The number of carbonyl (C=O) groups excluding carboxylic acids is 2. The first-order chi connectivity index (χ1) is 13.5. The van der Waals surface area contributed by atoms with Crippen molar-refractivity contribution in [1.82, 2.24) is 14.8 Å². The first-order valence-corrected chi connectivity index (χ1v) is 9.42. The Morgan fingerprint density at radius 3 is 2.71 bits per heavy atom. The van der Waals surface area contributed by atoms with E-state index in [-0.39, 0.29) is 18.4 Å². The van der Waals surface area contributed by atoms with E-state index >= 15 is 0 Å². The standard InChI is InChI=1S/C21H21F2N3O2/c22-16-6-5-15(12-17(16)23)13-25-10-3-7-21(20(25)28)8-11-26(14-21)19(27)18-4-1-2-9-24-18/h1-2,4-6,9,12H,3,7-8,10-11,13-14H2/t21-/m0/s1. The number of likely N-dealkylation sites (tertiary alicyclic amines) is 2. The molecule has 7 heteroatoms. The van der Waals surface area contributed by atoms with Gasteiger partial charge in [-0.05, 0) is 49.1 Å². The fraction of sp³-hybridized carbons (Fsp3) is 0.381. The fourth-order valence-corrected chi connectivity index (χ4v) is 4.24. The number of carbonyl (C=O) groups is 2. The molecule has 146 valence electrons. The van der Waals surface area contributed by atoms with Crippen molar-refractivity contribution in [2.45, 2.75) is 25.8 Å². The molecule has 1 aromatic heterocycles. The van der Waals surface area contributed by atoms with E-state index in [1.807, 2.05) is 0 Å². The summed E-state index contributed by atoms with van der Waals surface area (Å²) in [5.74, 6) is -1.99. The minimum Gasteiger partial charge on any atom is -0.338 e. The van der Waals surface area contributed by atoms with Crippen molar-refractivity contribution in [3.63, 3.8) is 0 Å². The Kier molecular flexibility index (Phi) is 4.83. The Morgan fingerprint density at radius 1 is 1.11 bits per heavy atom. The topological polar surface area (TPSA) is 53.5 Å². The fourth-order valence-electron chi connectivity index (χ4n) is 4.24. The van der Waals surface area contributed by atoms with Gasteiger partial charge in [-0.3, -0.25) is 14.6 Å². The number of rotatable bonds is 3. The molecule has 0 radical (unpaired) electrons.